The Bertz CT molecular complexity index is 497. The molecule has 0 amide bonds. The zero-order valence-electron chi connectivity index (χ0n) is 11.6. The smallest absolute Gasteiger partial charge is 0.426 e. The maximum atomic E-state index is 13.0. The minimum absolute atomic E-state index is 0.134. The molecular formula is C14H17F3N2O. The summed E-state index contributed by atoms with van der Waals surface area (Å²) in [4.78, 5) is 0. The van der Waals surface area contributed by atoms with Gasteiger partial charge in [0.05, 0.1) is 17.7 Å². The van der Waals surface area contributed by atoms with Gasteiger partial charge in [0.15, 0.2) is 0 Å². The summed E-state index contributed by atoms with van der Waals surface area (Å²) in [5.74, 6) is 0.134. The number of nitrogens with zero attached hydrogens (tertiary/aromatic N) is 1. The highest BCUT2D eigenvalue weighted by Crippen LogP contribution is 2.32. The molecule has 0 aliphatic heterocycles. The minimum atomic E-state index is -4.54. The molecule has 0 bridgehead atoms. The van der Waals surface area contributed by atoms with Crippen LogP contribution in [0.1, 0.15) is 30.0 Å². The highest BCUT2D eigenvalue weighted by atomic mass is 19.4. The monoisotopic (exact) mass is 286 g/mol. The Morgan fingerprint density at radius 1 is 1.30 bits per heavy atom. The van der Waals surface area contributed by atoms with E-state index in [1.807, 2.05) is 6.07 Å². The van der Waals surface area contributed by atoms with Gasteiger partial charge in [0.1, 0.15) is 5.75 Å². The summed E-state index contributed by atoms with van der Waals surface area (Å²) >= 11 is 0. The second-order valence-corrected chi connectivity index (χ2v) is 4.70. The van der Waals surface area contributed by atoms with Crippen LogP contribution in [0.15, 0.2) is 12.1 Å². The van der Waals surface area contributed by atoms with E-state index in [0.29, 0.717) is 16.7 Å². The van der Waals surface area contributed by atoms with Crippen LogP contribution < -0.4 is 10.5 Å². The highest BCUT2D eigenvalue weighted by molar-refractivity contribution is 5.47. The van der Waals surface area contributed by atoms with Crippen molar-refractivity contribution in [2.45, 2.75) is 45.5 Å². The molecule has 110 valence electrons. The molecule has 0 radical (unpaired) electrons. The quantitative estimate of drug-likeness (QED) is 0.924. The van der Waals surface area contributed by atoms with Gasteiger partial charge in [-0.05, 0) is 43.5 Å². The fraction of sp³-hybridized carbons (Fsp3) is 0.500. The molecule has 2 unspecified atom stereocenters. The van der Waals surface area contributed by atoms with E-state index in [4.69, 9.17) is 15.7 Å². The van der Waals surface area contributed by atoms with Crippen molar-refractivity contribution >= 4 is 0 Å². The van der Waals surface area contributed by atoms with Gasteiger partial charge in [-0.15, -0.1) is 0 Å². The van der Waals surface area contributed by atoms with Gasteiger partial charge in [0.2, 0.25) is 6.10 Å². The molecule has 0 fully saturated rings. The van der Waals surface area contributed by atoms with Gasteiger partial charge in [-0.2, -0.15) is 18.4 Å². The fourth-order valence-electron chi connectivity index (χ4n) is 1.94. The van der Waals surface area contributed by atoms with E-state index in [2.05, 4.69) is 0 Å². The van der Waals surface area contributed by atoms with Crippen LogP contribution in [0, 0.1) is 25.2 Å². The van der Waals surface area contributed by atoms with E-state index in [1.54, 1.807) is 20.8 Å². The number of hydrogen-bond acceptors (Lipinski definition) is 3. The SMILES string of the molecule is CCC(N)C(Oc1c(C)cc(C#N)cc1C)C(F)(F)F. The number of ether oxygens (including phenoxy) is 1. The third kappa shape index (κ3) is 3.64. The Balaban J connectivity index is 3.16. The van der Waals surface area contributed by atoms with Gasteiger partial charge in [-0.25, -0.2) is 0 Å². The summed E-state index contributed by atoms with van der Waals surface area (Å²) in [6, 6.07) is 3.80. The average molecular weight is 286 g/mol. The van der Waals surface area contributed by atoms with Gasteiger partial charge in [-0.1, -0.05) is 6.92 Å². The summed E-state index contributed by atoms with van der Waals surface area (Å²) < 4.78 is 44.1. The van der Waals surface area contributed by atoms with Crippen molar-refractivity contribution in [2.75, 3.05) is 0 Å². The van der Waals surface area contributed by atoms with Gasteiger partial charge in [0.25, 0.3) is 0 Å². The zero-order valence-corrected chi connectivity index (χ0v) is 11.6. The molecular weight excluding hydrogens is 269 g/mol. The van der Waals surface area contributed by atoms with Crippen molar-refractivity contribution in [1.29, 1.82) is 5.26 Å². The second kappa shape index (κ2) is 6.14. The first kappa shape index (κ1) is 16.3. The van der Waals surface area contributed by atoms with Crippen molar-refractivity contribution < 1.29 is 17.9 Å². The van der Waals surface area contributed by atoms with Crippen LogP contribution in [-0.2, 0) is 0 Å². The lowest BCUT2D eigenvalue weighted by Crippen LogP contribution is -2.48. The first-order valence-corrected chi connectivity index (χ1v) is 6.21. The lowest BCUT2D eigenvalue weighted by molar-refractivity contribution is -0.201. The standard InChI is InChI=1S/C14H17F3N2O/c1-4-11(19)13(14(15,16)17)20-12-8(2)5-10(7-18)6-9(12)3/h5-6,11,13H,4,19H2,1-3H3. The van der Waals surface area contributed by atoms with Crippen LogP contribution in [-0.4, -0.2) is 18.3 Å². The molecule has 20 heavy (non-hydrogen) atoms. The molecule has 1 aromatic rings. The third-order valence-electron chi connectivity index (χ3n) is 3.02. The molecule has 0 spiro atoms. The molecule has 2 atom stereocenters. The van der Waals surface area contributed by atoms with Crippen molar-refractivity contribution in [2.24, 2.45) is 5.73 Å². The van der Waals surface area contributed by atoms with Crippen LogP contribution in [0.5, 0.6) is 5.75 Å². The first-order valence-electron chi connectivity index (χ1n) is 6.21. The summed E-state index contributed by atoms with van der Waals surface area (Å²) in [6.07, 6.45) is -6.45. The molecule has 0 heterocycles. The molecule has 0 aromatic heterocycles. The number of nitriles is 1. The number of rotatable bonds is 4. The molecule has 2 N–H and O–H groups in total. The lowest BCUT2D eigenvalue weighted by Gasteiger charge is -2.27. The van der Waals surface area contributed by atoms with Gasteiger partial charge < -0.3 is 10.5 Å². The van der Waals surface area contributed by atoms with Crippen molar-refractivity contribution in [3.8, 4) is 11.8 Å². The first-order chi connectivity index (χ1) is 9.20. The Hall–Kier alpha value is -1.74. The maximum absolute atomic E-state index is 13.0. The molecule has 1 rings (SSSR count). The van der Waals surface area contributed by atoms with Crippen LogP contribution >= 0.6 is 0 Å². The van der Waals surface area contributed by atoms with Crippen molar-refractivity contribution in [3.63, 3.8) is 0 Å². The summed E-state index contributed by atoms with van der Waals surface area (Å²) in [7, 11) is 0. The fourth-order valence-corrected chi connectivity index (χ4v) is 1.94. The lowest BCUT2D eigenvalue weighted by atomic mass is 10.0. The number of halogens is 3. The number of nitrogens with two attached hydrogens (primary N) is 1. The summed E-state index contributed by atoms with van der Waals surface area (Å²) in [5, 5.41) is 8.82. The molecule has 3 nitrogen and oxygen atoms in total. The molecule has 0 saturated carbocycles. The zero-order chi connectivity index (χ0) is 15.5. The van der Waals surface area contributed by atoms with E-state index in [0.717, 1.165) is 0 Å². The Morgan fingerprint density at radius 3 is 2.15 bits per heavy atom. The summed E-state index contributed by atoms with van der Waals surface area (Å²) in [6.45, 7) is 4.79. The van der Waals surface area contributed by atoms with Gasteiger partial charge in [-0.3, -0.25) is 0 Å². The van der Waals surface area contributed by atoms with Crippen LogP contribution in [0.3, 0.4) is 0 Å². The Morgan fingerprint density at radius 2 is 1.80 bits per heavy atom. The number of aryl methyl sites for hydroxylation is 2. The van der Waals surface area contributed by atoms with Gasteiger partial charge in [0, 0.05) is 0 Å². The molecule has 1 aromatic carbocycles. The van der Waals surface area contributed by atoms with E-state index in [9.17, 15) is 13.2 Å². The average Bonchev–Trinajstić information content (AvgIpc) is 2.35. The van der Waals surface area contributed by atoms with E-state index in [1.165, 1.54) is 12.1 Å². The number of benzene rings is 1. The molecule has 0 aliphatic carbocycles. The molecule has 0 saturated heterocycles. The molecule has 6 heteroatoms. The van der Waals surface area contributed by atoms with Crippen molar-refractivity contribution in [3.05, 3.63) is 28.8 Å². The van der Waals surface area contributed by atoms with Crippen LogP contribution in [0.4, 0.5) is 13.2 Å². The van der Waals surface area contributed by atoms with Crippen LogP contribution in [0.2, 0.25) is 0 Å². The number of alkyl halides is 3. The topological polar surface area (TPSA) is 59.0 Å². The normalized spacial score (nSPS) is 14.5. The van der Waals surface area contributed by atoms with E-state index >= 15 is 0 Å². The minimum Gasteiger partial charge on any atom is -0.479 e. The maximum Gasteiger partial charge on any atom is 0.426 e. The van der Waals surface area contributed by atoms with E-state index < -0.39 is 18.3 Å². The second-order valence-electron chi connectivity index (χ2n) is 4.70. The number of hydrogen-bond donors (Lipinski definition) is 1. The third-order valence-corrected chi connectivity index (χ3v) is 3.02. The van der Waals surface area contributed by atoms with E-state index in [-0.39, 0.29) is 12.2 Å². The highest BCUT2D eigenvalue weighted by Gasteiger charge is 2.45. The largest absolute Gasteiger partial charge is 0.479 e. The van der Waals surface area contributed by atoms with Gasteiger partial charge >= 0.3 is 6.18 Å². The summed E-state index contributed by atoms with van der Waals surface area (Å²) in [5.41, 5.74) is 6.87. The van der Waals surface area contributed by atoms with Crippen molar-refractivity contribution in [1.82, 2.24) is 0 Å². The Labute approximate surface area is 116 Å². The van der Waals surface area contributed by atoms with Crippen LogP contribution in [0.25, 0.3) is 0 Å². The predicted molar refractivity (Wildman–Crippen MR) is 69.4 cm³/mol. The Kier molecular flexibility index (Phi) is 5.01. The predicted octanol–water partition coefficient (Wildman–Crippen LogP) is 3.22. The molecule has 0 aliphatic rings.